The Morgan fingerprint density at radius 3 is 3.12 bits per heavy atom. The summed E-state index contributed by atoms with van der Waals surface area (Å²) < 4.78 is 1.98. The van der Waals surface area contributed by atoms with E-state index in [1.165, 1.54) is 32.4 Å². The van der Waals surface area contributed by atoms with Crippen molar-refractivity contribution >= 4 is 0 Å². The summed E-state index contributed by atoms with van der Waals surface area (Å²) in [6.07, 6.45) is 7.75. The van der Waals surface area contributed by atoms with E-state index < -0.39 is 0 Å². The van der Waals surface area contributed by atoms with E-state index in [-0.39, 0.29) is 0 Å². The normalized spacial score (nSPS) is 23.2. The maximum atomic E-state index is 4.20. The Labute approximate surface area is 97.6 Å². The molecule has 1 aliphatic heterocycles. The molecular formula is C12H22N4. The van der Waals surface area contributed by atoms with Crippen LogP contribution in [-0.2, 0) is 6.54 Å². The monoisotopic (exact) mass is 222 g/mol. The molecule has 1 aromatic heterocycles. The molecule has 1 saturated heterocycles. The highest BCUT2D eigenvalue weighted by atomic mass is 15.3. The van der Waals surface area contributed by atoms with E-state index in [4.69, 9.17) is 0 Å². The molecule has 1 fully saturated rings. The van der Waals surface area contributed by atoms with Crippen molar-refractivity contribution in [1.82, 2.24) is 20.0 Å². The number of hydrogen-bond acceptors (Lipinski definition) is 3. The Hall–Kier alpha value is -0.870. The van der Waals surface area contributed by atoms with E-state index in [0.717, 1.165) is 13.1 Å². The molecule has 0 aliphatic carbocycles. The van der Waals surface area contributed by atoms with Gasteiger partial charge in [-0.25, -0.2) is 0 Å². The number of nitrogens with zero attached hydrogens (tertiary/aromatic N) is 3. The van der Waals surface area contributed by atoms with Crippen LogP contribution in [0.1, 0.15) is 19.3 Å². The molecule has 0 aromatic carbocycles. The first-order chi connectivity index (χ1) is 7.84. The minimum absolute atomic E-state index is 0.695. The van der Waals surface area contributed by atoms with Crippen molar-refractivity contribution in [2.24, 2.45) is 0 Å². The van der Waals surface area contributed by atoms with Crippen molar-refractivity contribution in [2.45, 2.75) is 31.8 Å². The summed E-state index contributed by atoms with van der Waals surface area (Å²) in [5.41, 5.74) is 0. The van der Waals surface area contributed by atoms with Crippen LogP contribution in [0.2, 0.25) is 0 Å². The summed E-state index contributed by atoms with van der Waals surface area (Å²) in [5.74, 6) is 0. The van der Waals surface area contributed by atoms with Crippen molar-refractivity contribution < 1.29 is 0 Å². The Balaban J connectivity index is 1.65. The van der Waals surface area contributed by atoms with Gasteiger partial charge in [0.1, 0.15) is 0 Å². The average molecular weight is 222 g/mol. The minimum Gasteiger partial charge on any atom is -0.312 e. The van der Waals surface area contributed by atoms with E-state index >= 15 is 0 Å². The molecule has 16 heavy (non-hydrogen) atoms. The van der Waals surface area contributed by atoms with Gasteiger partial charge in [0.15, 0.2) is 0 Å². The molecule has 2 heterocycles. The van der Waals surface area contributed by atoms with Gasteiger partial charge in [-0.2, -0.15) is 5.10 Å². The van der Waals surface area contributed by atoms with Gasteiger partial charge in [-0.05, 0) is 45.5 Å². The average Bonchev–Trinajstić information content (AvgIpc) is 2.70. The zero-order chi connectivity index (χ0) is 11.2. The van der Waals surface area contributed by atoms with Gasteiger partial charge >= 0.3 is 0 Å². The molecule has 90 valence electrons. The minimum atomic E-state index is 0.695. The largest absolute Gasteiger partial charge is 0.312 e. The van der Waals surface area contributed by atoms with E-state index in [1.54, 1.807) is 0 Å². The molecular weight excluding hydrogens is 200 g/mol. The second kappa shape index (κ2) is 6.01. The van der Waals surface area contributed by atoms with Crippen LogP contribution in [0, 0.1) is 0 Å². The predicted molar refractivity (Wildman–Crippen MR) is 65.4 cm³/mol. The zero-order valence-corrected chi connectivity index (χ0v) is 10.1. The quantitative estimate of drug-likeness (QED) is 0.823. The lowest BCUT2D eigenvalue weighted by molar-refractivity contribution is 0.343. The van der Waals surface area contributed by atoms with Crippen LogP contribution in [0.4, 0.5) is 0 Å². The molecule has 0 bridgehead atoms. The number of hydrogen-bond donors (Lipinski definition) is 1. The molecule has 0 amide bonds. The Bertz CT molecular complexity index is 283. The van der Waals surface area contributed by atoms with Crippen LogP contribution in [0.5, 0.6) is 0 Å². The first kappa shape index (κ1) is 11.6. The third kappa shape index (κ3) is 3.61. The van der Waals surface area contributed by atoms with Crippen molar-refractivity contribution in [1.29, 1.82) is 0 Å². The highest BCUT2D eigenvalue weighted by Gasteiger charge is 2.13. The smallest absolute Gasteiger partial charge is 0.0534 e. The lowest BCUT2D eigenvalue weighted by Gasteiger charge is -2.16. The fraction of sp³-hybridized carbons (Fsp3) is 0.750. The van der Waals surface area contributed by atoms with Crippen molar-refractivity contribution in [3.63, 3.8) is 0 Å². The number of rotatable bonds is 4. The Kier molecular flexibility index (Phi) is 4.36. The van der Waals surface area contributed by atoms with Gasteiger partial charge in [0.05, 0.1) is 6.54 Å². The van der Waals surface area contributed by atoms with Crippen molar-refractivity contribution in [2.75, 3.05) is 26.7 Å². The maximum Gasteiger partial charge on any atom is 0.0534 e. The summed E-state index contributed by atoms with van der Waals surface area (Å²) in [5, 5.41) is 7.83. The van der Waals surface area contributed by atoms with Crippen molar-refractivity contribution in [3.05, 3.63) is 18.5 Å². The fourth-order valence-electron chi connectivity index (χ4n) is 2.26. The molecule has 0 spiro atoms. The van der Waals surface area contributed by atoms with Gasteiger partial charge in [-0.15, -0.1) is 0 Å². The Morgan fingerprint density at radius 2 is 2.31 bits per heavy atom. The number of nitrogens with one attached hydrogen (secondary N) is 1. The molecule has 0 saturated carbocycles. The zero-order valence-electron chi connectivity index (χ0n) is 10.1. The summed E-state index contributed by atoms with van der Waals surface area (Å²) in [7, 11) is 2.21. The van der Waals surface area contributed by atoms with Crippen LogP contribution >= 0.6 is 0 Å². The molecule has 4 heteroatoms. The van der Waals surface area contributed by atoms with Crippen LogP contribution < -0.4 is 5.32 Å². The standard InChI is InChI=1S/C12H22N4/c1-15-8-2-4-12(5-10-15)13-7-11-16-9-3-6-14-16/h3,6,9,12-13H,2,4-5,7-8,10-11H2,1H3. The lowest BCUT2D eigenvalue weighted by Crippen LogP contribution is -2.32. The first-order valence-electron chi connectivity index (χ1n) is 6.24. The predicted octanol–water partition coefficient (Wildman–Crippen LogP) is 0.957. The molecule has 1 N–H and O–H groups in total. The molecule has 1 atom stereocenters. The maximum absolute atomic E-state index is 4.20. The van der Waals surface area contributed by atoms with Crippen LogP contribution in [0.15, 0.2) is 18.5 Å². The van der Waals surface area contributed by atoms with Gasteiger partial charge in [-0.1, -0.05) is 0 Å². The summed E-state index contributed by atoms with van der Waals surface area (Å²) >= 11 is 0. The number of likely N-dealkylation sites (tertiary alicyclic amines) is 1. The van der Waals surface area contributed by atoms with Gasteiger partial charge in [-0.3, -0.25) is 4.68 Å². The van der Waals surface area contributed by atoms with E-state index in [1.807, 2.05) is 23.1 Å². The topological polar surface area (TPSA) is 33.1 Å². The van der Waals surface area contributed by atoms with Gasteiger partial charge < -0.3 is 10.2 Å². The van der Waals surface area contributed by atoms with Crippen LogP contribution in [0.3, 0.4) is 0 Å². The molecule has 4 nitrogen and oxygen atoms in total. The third-order valence-corrected chi connectivity index (χ3v) is 3.28. The molecule has 1 aliphatic rings. The summed E-state index contributed by atoms with van der Waals surface area (Å²) in [4.78, 5) is 2.43. The highest BCUT2D eigenvalue weighted by Crippen LogP contribution is 2.09. The van der Waals surface area contributed by atoms with Gasteiger partial charge in [0, 0.05) is 25.0 Å². The molecule has 1 aromatic rings. The Morgan fingerprint density at radius 1 is 1.38 bits per heavy atom. The third-order valence-electron chi connectivity index (χ3n) is 3.28. The molecule has 0 radical (unpaired) electrons. The summed E-state index contributed by atoms with van der Waals surface area (Å²) in [6.45, 7) is 4.46. The van der Waals surface area contributed by atoms with Crippen LogP contribution in [-0.4, -0.2) is 47.4 Å². The van der Waals surface area contributed by atoms with E-state index in [2.05, 4.69) is 22.4 Å². The first-order valence-corrected chi connectivity index (χ1v) is 6.24. The van der Waals surface area contributed by atoms with E-state index in [0.29, 0.717) is 6.04 Å². The highest BCUT2D eigenvalue weighted by molar-refractivity contribution is 4.78. The lowest BCUT2D eigenvalue weighted by atomic mass is 10.1. The summed E-state index contributed by atoms with van der Waals surface area (Å²) in [6, 6.07) is 2.67. The van der Waals surface area contributed by atoms with Crippen molar-refractivity contribution in [3.8, 4) is 0 Å². The second-order valence-corrected chi connectivity index (χ2v) is 4.65. The molecule has 1 unspecified atom stereocenters. The number of aromatic nitrogens is 2. The van der Waals surface area contributed by atoms with Gasteiger partial charge in [0.2, 0.25) is 0 Å². The fourth-order valence-corrected chi connectivity index (χ4v) is 2.26. The van der Waals surface area contributed by atoms with Crippen LogP contribution in [0.25, 0.3) is 0 Å². The van der Waals surface area contributed by atoms with E-state index in [9.17, 15) is 0 Å². The van der Waals surface area contributed by atoms with Gasteiger partial charge in [0.25, 0.3) is 0 Å². The molecule has 2 rings (SSSR count). The SMILES string of the molecule is CN1CCCC(NCCn2cccn2)CC1. The second-order valence-electron chi connectivity index (χ2n) is 4.65.